The van der Waals surface area contributed by atoms with Crippen LogP contribution in [0.4, 0.5) is 0 Å². The summed E-state index contributed by atoms with van der Waals surface area (Å²) in [6.07, 6.45) is 7.37. The second-order valence-electron chi connectivity index (χ2n) is 8.82. The third-order valence-electron chi connectivity index (χ3n) is 7.60. The van der Waals surface area contributed by atoms with Crippen LogP contribution in [-0.4, -0.2) is 33.9 Å². The summed E-state index contributed by atoms with van der Waals surface area (Å²) in [5.74, 6) is 1.70. The summed E-state index contributed by atoms with van der Waals surface area (Å²) in [5.41, 5.74) is 1.01. The molecule has 0 aromatic rings. The summed E-state index contributed by atoms with van der Waals surface area (Å²) >= 11 is 0. The lowest BCUT2D eigenvalue weighted by atomic mass is 9.47. The number of hydrogen-bond acceptors (Lipinski definition) is 3. The molecule has 4 aliphatic rings. The van der Waals surface area contributed by atoms with Gasteiger partial charge >= 0.3 is 0 Å². The molecule has 3 aliphatic carbocycles. The van der Waals surface area contributed by atoms with Gasteiger partial charge in [0, 0.05) is 12.0 Å². The molecular formula is C19H29NO3. The van der Waals surface area contributed by atoms with Crippen LogP contribution in [0, 0.1) is 23.2 Å². The summed E-state index contributed by atoms with van der Waals surface area (Å²) in [5, 5.41) is 24.0. The van der Waals surface area contributed by atoms with Gasteiger partial charge in [-0.1, -0.05) is 13.0 Å². The molecule has 0 spiro atoms. The van der Waals surface area contributed by atoms with Crippen LogP contribution in [0.5, 0.6) is 0 Å². The number of carbonyl (C=O) groups excluding carboxylic acids is 1. The Morgan fingerprint density at radius 3 is 2.70 bits per heavy atom. The van der Waals surface area contributed by atoms with Crippen molar-refractivity contribution in [2.75, 3.05) is 0 Å². The minimum absolute atomic E-state index is 0.0182. The fourth-order valence-corrected chi connectivity index (χ4v) is 6.43. The highest BCUT2D eigenvalue weighted by atomic mass is 16.3. The van der Waals surface area contributed by atoms with Gasteiger partial charge in [0.1, 0.15) is 0 Å². The van der Waals surface area contributed by atoms with Crippen LogP contribution in [0.15, 0.2) is 11.6 Å². The summed E-state index contributed by atoms with van der Waals surface area (Å²) in [7, 11) is 0. The SMILES string of the molecule is C[C@]12CCC(O)C=C1C(O)C[C@@H]1[C@@H]2CC[C@]2(C)NC(=O)CC[C@@H]12. The Hall–Kier alpha value is -0.870. The third-order valence-corrected chi connectivity index (χ3v) is 7.60. The number of piperidine rings is 1. The average molecular weight is 319 g/mol. The molecule has 4 nitrogen and oxygen atoms in total. The number of carbonyl (C=O) groups is 1. The zero-order valence-corrected chi connectivity index (χ0v) is 14.2. The molecule has 0 aromatic heterocycles. The van der Waals surface area contributed by atoms with E-state index in [0.717, 1.165) is 44.1 Å². The maximum absolute atomic E-state index is 11.9. The molecular weight excluding hydrogens is 290 g/mol. The molecule has 2 unspecified atom stereocenters. The molecule has 1 aliphatic heterocycles. The summed E-state index contributed by atoms with van der Waals surface area (Å²) in [6, 6.07) is 0. The summed E-state index contributed by atoms with van der Waals surface area (Å²) in [6.45, 7) is 4.50. The molecule has 0 radical (unpaired) electrons. The zero-order chi connectivity index (χ0) is 16.4. The van der Waals surface area contributed by atoms with Crippen molar-refractivity contribution < 1.29 is 15.0 Å². The Morgan fingerprint density at radius 1 is 1.13 bits per heavy atom. The van der Waals surface area contributed by atoms with Crippen molar-refractivity contribution in [2.45, 2.75) is 76.5 Å². The van der Waals surface area contributed by atoms with E-state index in [2.05, 4.69) is 19.2 Å². The molecule has 0 bridgehead atoms. The lowest BCUT2D eigenvalue weighted by molar-refractivity contribution is -0.134. The molecule has 1 amide bonds. The Balaban J connectivity index is 1.70. The number of aliphatic hydroxyl groups is 2. The van der Waals surface area contributed by atoms with Crippen LogP contribution in [0.3, 0.4) is 0 Å². The van der Waals surface area contributed by atoms with Crippen molar-refractivity contribution in [3.63, 3.8) is 0 Å². The van der Waals surface area contributed by atoms with Crippen LogP contribution in [0.2, 0.25) is 0 Å². The maximum atomic E-state index is 11.9. The number of hydrogen-bond donors (Lipinski definition) is 3. The van der Waals surface area contributed by atoms with Gasteiger partial charge in [0.2, 0.25) is 5.91 Å². The van der Waals surface area contributed by atoms with Gasteiger partial charge in [-0.2, -0.15) is 0 Å². The van der Waals surface area contributed by atoms with Crippen LogP contribution in [0.25, 0.3) is 0 Å². The summed E-state index contributed by atoms with van der Waals surface area (Å²) < 4.78 is 0. The lowest BCUT2D eigenvalue weighted by Gasteiger charge is -2.61. The van der Waals surface area contributed by atoms with E-state index in [1.165, 1.54) is 0 Å². The van der Waals surface area contributed by atoms with Gasteiger partial charge in [-0.15, -0.1) is 0 Å². The Labute approximate surface area is 138 Å². The van der Waals surface area contributed by atoms with E-state index in [4.69, 9.17) is 0 Å². The van der Waals surface area contributed by atoms with Crippen molar-refractivity contribution in [1.82, 2.24) is 5.32 Å². The molecule has 1 saturated heterocycles. The molecule has 4 heteroatoms. The molecule has 2 saturated carbocycles. The van der Waals surface area contributed by atoms with Crippen LogP contribution in [0.1, 0.15) is 58.8 Å². The van der Waals surface area contributed by atoms with E-state index in [1.54, 1.807) is 0 Å². The molecule has 23 heavy (non-hydrogen) atoms. The Morgan fingerprint density at radius 2 is 1.91 bits per heavy atom. The van der Waals surface area contributed by atoms with E-state index in [1.807, 2.05) is 6.08 Å². The minimum Gasteiger partial charge on any atom is -0.389 e. The highest BCUT2D eigenvalue weighted by molar-refractivity contribution is 5.77. The standard InChI is InChI=1S/C19H29NO3/c1-18-7-5-11(21)9-15(18)16(22)10-12-13(18)6-8-19(2)14(12)3-4-17(23)20-19/h9,11-14,16,21-22H,3-8,10H2,1-2H3,(H,20,23)/t11?,12-,13+,14+,16?,18-,19+/m1/s1. The fourth-order valence-electron chi connectivity index (χ4n) is 6.43. The first kappa shape index (κ1) is 15.6. The van der Waals surface area contributed by atoms with E-state index in [0.29, 0.717) is 24.2 Å². The van der Waals surface area contributed by atoms with Crippen LogP contribution < -0.4 is 5.32 Å². The largest absolute Gasteiger partial charge is 0.389 e. The number of nitrogens with one attached hydrogen (secondary N) is 1. The van der Waals surface area contributed by atoms with Crippen molar-refractivity contribution in [2.24, 2.45) is 23.2 Å². The normalized spacial score (nSPS) is 52.6. The highest BCUT2D eigenvalue weighted by Gasteiger charge is 2.58. The molecule has 128 valence electrons. The minimum atomic E-state index is -0.434. The molecule has 0 aromatic carbocycles. The quantitative estimate of drug-likeness (QED) is 0.599. The molecule has 1 heterocycles. The smallest absolute Gasteiger partial charge is 0.220 e. The monoisotopic (exact) mass is 319 g/mol. The predicted molar refractivity (Wildman–Crippen MR) is 87.5 cm³/mol. The van der Waals surface area contributed by atoms with Crippen LogP contribution >= 0.6 is 0 Å². The number of fused-ring (bicyclic) bond motifs is 5. The zero-order valence-electron chi connectivity index (χ0n) is 14.2. The van der Waals surface area contributed by atoms with Gasteiger partial charge in [-0.05, 0) is 74.2 Å². The van der Waals surface area contributed by atoms with Gasteiger partial charge in [0.15, 0.2) is 0 Å². The second-order valence-corrected chi connectivity index (χ2v) is 8.82. The highest BCUT2D eigenvalue weighted by Crippen LogP contribution is 2.61. The summed E-state index contributed by atoms with van der Waals surface area (Å²) in [4.78, 5) is 11.9. The van der Waals surface area contributed by atoms with Crippen molar-refractivity contribution >= 4 is 5.91 Å². The molecule has 4 rings (SSSR count). The van der Waals surface area contributed by atoms with Gasteiger partial charge in [-0.3, -0.25) is 4.79 Å². The van der Waals surface area contributed by atoms with Crippen molar-refractivity contribution in [3.8, 4) is 0 Å². The molecule has 3 fully saturated rings. The Kier molecular flexibility index (Phi) is 3.44. The third kappa shape index (κ3) is 2.21. The van der Waals surface area contributed by atoms with Gasteiger partial charge in [0.25, 0.3) is 0 Å². The molecule has 7 atom stereocenters. The average Bonchev–Trinajstić information content (AvgIpc) is 2.48. The van der Waals surface area contributed by atoms with Crippen molar-refractivity contribution in [3.05, 3.63) is 11.6 Å². The van der Waals surface area contributed by atoms with E-state index >= 15 is 0 Å². The first-order valence-electron chi connectivity index (χ1n) is 9.23. The number of rotatable bonds is 0. The fraction of sp³-hybridized carbons (Fsp3) is 0.842. The Bertz CT molecular complexity index is 559. The predicted octanol–water partition coefficient (Wildman–Crippen LogP) is 2.15. The van der Waals surface area contributed by atoms with E-state index in [9.17, 15) is 15.0 Å². The second kappa shape index (κ2) is 5.06. The van der Waals surface area contributed by atoms with Crippen LogP contribution in [-0.2, 0) is 4.79 Å². The topological polar surface area (TPSA) is 69.6 Å². The van der Waals surface area contributed by atoms with E-state index < -0.39 is 12.2 Å². The number of amides is 1. The first-order chi connectivity index (χ1) is 10.8. The van der Waals surface area contributed by atoms with Gasteiger partial charge in [-0.25, -0.2) is 0 Å². The van der Waals surface area contributed by atoms with E-state index in [-0.39, 0.29) is 16.9 Å². The van der Waals surface area contributed by atoms with Gasteiger partial charge in [0.05, 0.1) is 12.2 Å². The number of aliphatic hydroxyl groups excluding tert-OH is 2. The maximum Gasteiger partial charge on any atom is 0.220 e. The lowest BCUT2D eigenvalue weighted by Crippen LogP contribution is -2.63. The first-order valence-corrected chi connectivity index (χ1v) is 9.23. The van der Waals surface area contributed by atoms with Gasteiger partial charge < -0.3 is 15.5 Å². The van der Waals surface area contributed by atoms with Crippen molar-refractivity contribution in [1.29, 1.82) is 0 Å². The molecule has 3 N–H and O–H groups in total.